The molecule has 2 saturated heterocycles. The smallest absolute Gasteiger partial charge is 0.411 e. The van der Waals surface area contributed by atoms with Crippen LogP contribution in [0.3, 0.4) is 0 Å². The van der Waals surface area contributed by atoms with Crippen molar-refractivity contribution >= 4 is 18.0 Å². The van der Waals surface area contributed by atoms with Crippen molar-refractivity contribution in [2.24, 2.45) is 5.92 Å². The summed E-state index contributed by atoms with van der Waals surface area (Å²) in [6.45, 7) is 6.85. The molecule has 23 heavy (non-hydrogen) atoms. The Morgan fingerprint density at radius 3 is 2.17 bits per heavy atom. The van der Waals surface area contributed by atoms with E-state index >= 15 is 0 Å². The number of piperidine rings is 1. The third-order valence-corrected chi connectivity index (χ3v) is 4.25. The van der Waals surface area contributed by atoms with Crippen LogP contribution in [0.1, 0.15) is 46.5 Å². The van der Waals surface area contributed by atoms with Crippen molar-refractivity contribution in [2.75, 3.05) is 19.6 Å². The SMILES string of the molecule is CC(C)(C)OC(=O)N1CCCC(C(=O)N2CCCC2)[C@H]1C(=O)O. The molecule has 2 aliphatic heterocycles. The molecule has 2 atom stereocenters. The number of carbonyl (C=O) groups is 3. The molecule has 2 heterocycles. The van der Waals surface area contributed by atoms with Crippen molar-refractivity contribution in [3.8, 4) is 0 Å². The Morgan fingerprint density at radius 2 is 1.65 bits per heavy atom. The van der Waals surface area contributed by atoms with E-state index in [1.54, 1.807) is 25.7 Å². The molecule has 0 radical (unpaired) electrons. The van der Waals surface area contributed by atoms with Crippen molar-refractivity contribution in [1.82, 2.24) is 9.80 Å². The highest BCUT2D eigenvalue weighted by Crippen LogP contribution is 2.28. The van der Waals surface area contributed by atoms with Gasteiger partial charge in [-0.25, -0.2) is 9.59 Å². The van der Waals surface area contributed by atoms with E-state index in [0.717, 1.165) is 12.8 Å². The van der Waals surface area contributed by atoms with E-state index in [0.29, 0.717) is 32.5 Å². The second-order valence-corrected chi connectivity index (χ2v) is 7.24. The third kappa shape index (κ3) is 4.14. The summed E-state index contributed by atoms with van der Waals surface area (Å²) in [5, 5.41) is 9.60. The fraction of sp³-hybridized carbons (Fsp3) is 0.812. The van der Waals surface area contributed by atoms with Gasteiger partial charge < -0.3 is 14.7 Å². The number of rotatable bonds is 2. The molecule has 0 spiro atoms. The maximum absolute atomic E-state index is 12.7. The van der Waals surface area contributed by atoms with Crippen molar-refractivity contribution in [2.45, 2.75) is 58.1 Å². The molecule has 0 aromatic carbocycles. The van der Waals surface area contributed by atoms with Crippen LogP contribution < -0.4 is 0 Å². The lowest BCUT2D eigenvalue weighted by Gasteiger charge is -2.39. The zero-order valence-corrected chi connectivity index (χ0v) is 14.1. The van der Waals surface area contributed by atoms with E-state index in [2.05, 4.69) is 0 Å². The third-order valence-electron chi connectivity index (χ3n) is 4.25. The van der Waals surface area contributed by atoms with Gasteiger partial charge >= 0.3 is 12.1 Å². The van der Waals surface area contributed by atoms with Crippen molar-refractivity contribution < 1.29 is 24.2 Å². The summed E-state index contributed by atoms with van der Waals surface area (Å²) >= 11 is 0. The van der Waals surface area contributed by atoms with Gasteiger partial charge in [0.1, 0.15) is 11.6 Å². The van der Waals surface area contributed by atoms with Crippen LogP contribution in [0.25, 0.3) is 0 Å². The number of carboxylic acids is 1. The summed E-state index contributed by atoms with van der Waals surface area (Å²) in [4.78, 5) is 39.7. The standard InChI is InChI=1S/C16H26N2O5/c1-16(2,3)23-15(22)18-10-6-7-11(12(18)14(20)21)13(19)17-8-4-5-9-17/h11-12H,4-10H2,1-3H3,(H,20,21)/t11?,12-/m0/s1. The van der Waals surface area contributed by atoms with Gasteiger partial charge in [-0.3, -0.25) is 9.69 Å². The fourth-order valence-corrected chi connectivity index (χ4v) is 3.26. The van der Waals surface area contributed by atoms with Crippen LogP contribution in [-0.4, -0.2) is 64.2 Å². The molecule has 1 unspecified atom stereocenters. The largest absolute Gasteiger partial charge is 0.480 e. The van der Waals surface area contributed by atoms with Gasteiger partial charge in [-0.05, 0) is 46.5 Å². The number of aliphatic carboxylic acids is 1. The molecule has 2 aliphatic rings. The van der Waals surface area contributed by atoms with Gasteiger partial charge in [0.05, 0.1) is 5.92 Å². The molecule has 0 bridgehead atoms. The van der Waals surface area contributed by atoms with E-state index in [9.17, 15) is 19.5 Å². The molecule has 7 nitrogen and oxygen atoms in total. The summed E-state index contributed by atoms with van der Waals surface area (Å²) in [7, 11) is 0. The molecule has 2 amide bonds. The van der Waals surface area contributed by atoms with Gasteiger partial charge in [0, 0.05) is 19.6 Å². The summed E-state index contributed by atoms with van der Waals surface area (Å²) in [6.07, 6.45) is 2.33. The van der Waals surface area contributed by atoms with E-state index in [-0.39, 0.29) is 5.91 Å². The summed E-state index contributed by atoms with van der Waals surface area (Å²) in [6, 6.07) is -1.15. The van der Waals surface area contributed by atoms with Gasteiger partial charge in [0.15, 0.2) is 0 Å². The van der Waals surface area contributed by atoms with Gasteiger partial charge in [0.25, 0.3) is 0 Å². The first kappa shape index (κ1) is 17.6. The van der Waals surface area contributed by atoms with Gasteiger partial charge in [-0.2, -0.15) is 0 Å². The molecule has 0 aromatic rings. The number of carbonyl (C=O) groups excluding carboxylic acids is 2. The first-order valence-electron chi connectivity index (χ1n) is 8.22. The predicted octanol–water partition coefficient (Wildman–Crippen LogP) is 1.71. The molecule has 0 aromatic heterocycles. The normalized spacial score (nSPS) is 25.3. The fourth-order valence-electron chi connectivity index (χ4n) is 3.26. The monoisotopic (exact) mass is 326 g/mol. The van der Waals surface area contributed by atoms with Crippen molar-refractivity contribution in [1.29, 1.82) is 0 Å². The molecule has 130 valence electrons. The molecule has 2 rings (SSSR count). The molecule has 0 aliphatic carbocycles. The predicted molar refractivity (Wildman–Crippen MR) is 82.9 cm³/mol. The number of carboxylic acid groups (broad SMARTS) is 1. The average molecular weight is 326 g/mol. The Labute approximate surface area is 136 Å². The highest BCUT2D eigenvalue weighted by molar-refractivity contribution is 5.89. The highest BCUT2D eigenvalue weighted by Gasteiger charge is 2.45. The summed E-state index contributed by atoms with van der Waals surface area (Å²) < 4.78 is 5.31. The number of hydrogen-bond acceptors (Lipinski definition) is 4. The Hall–Kier alpha value is -1.79. The first-order valence-corrected chi connectivity index (χ1v) is 8.22. The van der Waals surface area contributed by atoms with E-state index in [1.807, 2.05) is 0 Å². The first-order chi connectivity index (χ1) is 10.7. The van der Waals surface area contributed by atoms with Gasteiger partial charge in [0.2, 0.25) is 5.91 Å². The molecule has 1 N–H and O–H groups in total. The Morgan fingerprint density at radius 1 is 1.04 bits per heavy atom. The van der Waals surface area contributed by atoms with Crippen molar-refractivity contribution in [3.63, 3.8) is 0 Å². The molecule has 0 saturated carbocycles. The minimum Gasteiger partial charge on any atom is -0.480 e. The highest BCUT2D eigenvalue weighted by atomic mass is 16.6. The van der Waals surface area contributed by atoms with Crippen LogP contribution in [-0.2, 0) is 14.3 Å². The number of hydrogen-bond donors (Lipinski definition) is 1. The van der Waals surface area contributed by atoms with Gasteiger partial charge in [-0.15, -0.1) is 0 Å². The lowest BCUT2D eigenvalue weighted by atomic mass is 9.88. The molecular weight excluding hydrogens is 300 g/mol. The van der Waals surface area contributed by atoms with Crippen LogP contribution in [0.4, 0.5) is 4.79 Å². The lowest BCUT2D eigenvalue weighted by Crippen LogP contribution is -2.57. The topological polar surface area (TPSA) is 87.2 Å². The molecule has 2 fully saturated rings. The van der Waals surface area contributed by atoms with E-state index < -0.39 is 29.6 Å². The Kier molecular flexibility index (Phi) is 5.16. The van der Waals surface area contributed by atoms with Crippen LogP contribution in [0, 0.1) is 5.92 Å². The number of nitrogens with zero attached hydrogens (tertiary/aromatic N) is 2. The average Bonchev–Trinajstić information content (AvgIpc) is 2.97. The maximum Gasteiger partial charge on any atom is 0.411 e. The second-order valence-electron chi connectivity index (χ2n) is 7.24. The second kappa shape index (κ2) is 6.76. The molecule has 7 heteroatoms. The van der Waals surface area contributed by atoms with Crippen LogP contribution >= 0.6 is 0 Å². The minimum atomic E-state index is -1.15. The van der Waals surface area contributed by atoms with E-state index in [1.165, 1.54) is 4.90 Å². The number of ether oxygens (including phenoxy) is 1. The van der Waals surface area contributed by atoms with Crippen LogP contribution in [0.15, 0.2) is 0 Å². The maximum atomic E-state index is 12.7. The lowest BCUT2D eigenvalue weighted by molar-refractivity contribution is -0.153. The van der Waals surface area contributed by atoms with E-state index in [4.69, 9.17) is 4.74 Å². The minimum absolute atomic E-state index is 0.150. The Balaban J connectivity index is 2.17. The summed E-state index contributed by atoms with van der Waals surface area (Å²) in [5.41, 5.74) is -0.702. The zero-order chi connectivity index (χ0) is 17.2. The van der Waals surface area contributed by atoms with Crippen molar-refractivity contribution in [3.05, 3.63) is 0 Å². The summed E-state index contributed by atoms with van der Waals surface area (Å²) in [5.74, 6) is -1.98. The Bertz CT molecular complexity index is 479. The van der Waals surface area contributed by atoms with Crippen LogP contribution in [0.5, 0.6) is 0 Å². The quantitative estimate of drug-likeness (QED) is 0.834. The number of likely N-dealkylation sites (tertiary alicyclic amines) is 2. The van der Waals surface area contributed by atoms with Gasteiger partial charge in [-0.1, -0.05) is 0 Å². The zero-order valence-electron chi connectivity index (χ0n) is 14.1. The number of amides is 2. The van der Waals surface area contributed by atoms with Crippen LogP contribution in [0.2, 0.25) is 0 Å². The molecular formula is C16H26N2O5.